The van der Waals surface area contributed by atoms with E-state index in [2.05, 4.69) is 5.10 Å². The first-order valence-corrected chi connectivity index (χ1v) is 12.9. The Morgan fingerprint density at radius 2 is 1.67 bits per heavy atom. The summed E-state index contributed by atoms with van der Waals surface area (Å²) in [6.45, 7) is 2.85. The quantitative estimate of drug-likeness (QED) is 0.568. The number of carbonyl (C=O) groups excluding carboxylic acids is 1. The molecule has 3 aromatic rings. The van der Waals surface area contributed by atoms with Gasteiger partial charge in [-0.05, 0) is 61.6 Å². The number of sulfonamides is 1. The summed E-state index contributed by atoms with van der Waals surface area (Å²) >= 11 is 6.55. The lowest BCUT2D eigenvalue weighted by atomic mass is 10.1. The number of hydrogen-bond donors (Lipinski definition) is 0. The van der Waals surface area contributed by atoms with Gasteiger partial charge in [-0.15, -0.1) is 0 Å². The van der Waals surface area contributed by atoms with E-state index in [-0.39, 0.29) is 24.1 Å². The van der Waals surface area contributed by atoms with E-state index in [0.29, 0.717) is 29.2 Å². The van der Waals surface area contributed by atoms with Crippen molar-refractivity contribution in [2.45, 2.75) is 31.1 Å². The van der Waals surface area contributed by atoms with Crippen LogP contribution in [0, 0.1) is 6.92 Å². The van der Waals surface area contributed by atoms with E-state index in [1.54, 1.807) is 22.6 Å². The molecule has 1 aliphatic heterocycles. The van der Waals surface area contributed by atoms with Crippen molar-refractivity contribution in [3.8, 4) is 5.69 Å². The zero-order valence-electron chi connectivity index (χ0n) is 18.4. The number of piperazine rings is 1. The van der Waals surface area contributed by atoms with E-state index in [1.807, 2.05) is 42.5 Å². The fraction of sp³-hybridized carbons (Fsp3) is 0.333. The van der Waals surface area contributed by atoms with Crippen LogP contribution in [0.15, 0.2) is 53.4 Å². The highest BCUT2D eigenvalue weighted by Crippen LogP contribution is 2.28. The molecule has 0 radical (unpaired) electrons. The lowest BCUT2D eigenvalue weighted by molar-refractivity contribution is 0.0697. The molecular formula is C24H25ClN4O3S. The number of para-hydroxylation sites is 1. The van der Waals surface area contributed by atoms with Crippen molar-refractivity contribution in [3.63, 3.8) is 0 Å². The molecule has 7 nitrogen and oxygen atoms in total. The summed E-state index contributed by atoms with van der Waals surface area (Å²) in [7, 11) is -3.59. The van der Waals surface area contributed by atoms with Gasteiger partial charge in [0, 0.05) is 26.2 Å². The minimum Gasteiger partial charge on any atom is -0.336 e. The molecule has 1 saturated heterocycles. The second-order valence-corrected chi connectivity index (χ2v) is 10.8. The first-order valence-electron chi connectivity index (χ1n) is 11.1. The van der Waals surface area contributed by atoms with Crippen molar-refractivity contribution in [1.29, 1.82) is 0 Å². The van der Waals surface area contributed by atoms with Gasteiger partial charge in [0.05, 0.1) is 21.8 Å². The average molecular weight is 485 g/mol. The molecule has 0 saturated carbocycles. The Labute approximate surface area is 198 Å². The number of aromatic nitrogens is 2. The topological polar surface area (TPSA) is 75.5 Å². The maximum atomic E-state index is 13.3. The van der Waals surface area contributed by atoms with Crippen LogP contribution in [0.5, 0.6) is 0 Å². The lowest BCUT2D eigenvalue weighted by Crippen LogP contribution is -2.50. The molecule has 33 heavy (non-hydrogen) atoms. The summed E-state index contributed by atoms with van der Waals surface area (Å²) in [6.07, 6.45) is 3.01. The molecule has 0 spiro atoms. The van der Waals surface area contributed by atoms with Gasteiger partial charge in [-0.1, -0.05) is 35.9 Å². The van der Waals surface area contributed by atoms with Crippen molar-refractivity contribution >= 4 is 27.5 Å². The number of halogens is 1. The first-order chi connectivity index (χ1) is 15.9. The summed E-state index contributed by atoms with van der Waals surface area (Å²) < 4.78 is 29.4. The van der Waals surface area contributed by atoms with Crippen LogP contribution >= 0.6 is 11.6 Å². The first kappa shape index (κ1) is 22.1. The van der Waals surface area contributed by atoms with Crippen molar-refractivity contribution < 1.29 is 13.2 Å². The zero-order valence-corrected chi connectivity index (χ0v) is 19.9. The van der Waals surface area contributed by atoms with E-state index in [9.17, 15) is 13.2 Å². The van der Waals surface area contributed by atoms with Crippen molar-refractivity contribution in [3.05, 3.63) is 76.1 Å². The monoisotopic (exact) mass is 484 g/mol. The van der Waals surface area contributed by atoms with Crippen LogP contribution < -0.4 is 0 Å². The van der Waals surface area contributed by atoms with Crippen molar-refractivity contribution in [2.24, 2.45) is 0 Å². The third-order valence-electron chi connectivity index (χ3n) is 6.45. The number of hydrogen-bond acceptors (Lipinski definition) is 4. The van der Waals surface area contributed by atoms with Crippen LogP contribution in [-0.2, 0) is 22.9 Å². The maximum absolute atomic E-state index is 13.3. The molecule has 2 aliphatic rings. The Kier molecular flexibility index (Phi) is 5.76. The van der Waals surface area contributed by atoms with Crippen LogP contribution in [0.4, 0.5) is 0 Å². The van der Waals surface area contributed by atoms with Gasteiger partial charge >= 0.3 is 0 Å². The van der Waals surface area contributed by atoms with Gasteiger partial charge in [-0.3, -0.25) is 4.79 Å². The molecular weight excluding hydrogens is 460 g/mol. The summed E-state index contributed by atoms with van der Waals surface area (Å²) in [5.74, 6) is -0.228. The number of benzene rings is 2. The predicted octanol–water partition coefficient (Wildman–Crippen LogP) is 3.47. The SMILES string of the molecule is Cc1nn(-c2ccccc2)c(Cl)c1C(=O)N1CCN(S(=O)(=O)c2ccc3c(c2)CCC3)CC1. The molecule has 1 aliphatic carbocycles. The fourth-order valence-electron chi connectivity index (χ4n) is 4.63. The highest BCUT2D eigenvalue weighted by Gasteiger charge is 2.33. The van der Waals surface area contributed by atoms with E-state index in [4.69, 9.17) is 11.6 Å². The molecule has 0 N–H and O–H groups in total. The minimum absolute atomic E-state index is 0.228. The molecule has 2 heterocycles. The maximum Gasteiger partial charge on any atom is 0.259 e. The second-order valence-electron chi connectivity index (χ2n) is 8.48. The Morgan fingerprint density at radius 3 is 2.39 bits per heavy atom. The van der Waals surface area contributed by atoms with Gasteiger partial charge in [-0.2, -0.15) is 9.40 Å². The Hall–Kier alpha value is -2.68. The summed E-state index contributed by atoms with van der Waals surface area (Å²) in [4.78, 5) is 15.3. The van der Waals surface area contributed by atoms with Crippen molar-refractivity contribution in [2.75, 3.05) is 26.2 Å². The van der Waals surface area contributed by atoms with E-state index >= 15 is 0 Å². The largest absolute Gasteiger partial charge is 0.336 e. The van der Waals surface area contributed by atoms with Gasteiger partial charge in [-0.25, -0.2) is 13.1 Å². The van der Waals surface area contributed by atoms with Gasteiger partial charge in [0.2, 0.25) is 10.0 Å². The summed E-state index contributed by atoms with van der Waals surface area (Å²) in [6, 6.07) is 14.9. The predicted molar refractivity (Wildman–Crippen MR) is 126 cm³/mol. The molecule has 2 aromatic carbocycles. The second kappa shape index (κ2) is 8.59. The lowest BCUT2D eigenvalue weighted by Gasteiger charge is -2.34. The van der Waals surface area contributed by atoms with Gasteiger partial charge in [0.1, 0.15) is 5.15 Å². The molecule has 1 fully saturated rings. The fourth-order valence-corrected chi connectivity index (χ4v) is 6.46. The van der Waals surface area contributed by atoms with Gasteiger partial charge < -0.3 is 4.90 Å². The van der Waals surface area contributed by atoms with E-state index in [0.717, 1.165) is 30.5 Å². The number of fused-ring (bicyclic) bond motifs is 1. The van der Waals surface area contributed by atoms with Gasteiger partial charge in [0.15, 0.2) is 0 Å². The van der Waals surface area contributed by atoms with Crippen LogP contribution in [-0.4, -0.2) is 59.5 Å². The normalized spacial score (nSPS) is 16.7. The number of aryl methyl sites for hydroxylation is 3. The molecule has 172 valence electrons. The molecule has 1 amide bonds. The average Bonchev–Trinajstić information content (AvgIpc) is 3.42. The van der Waals surface area contributed by atoms with E-state index in [1.165, 1.54) is 9.87 Å². The number of rotatable bonds is 4. The molecule has 0 atom stereocenters. The number of amides is 1. The molecule has 9 heteroatoms. The zero-order chi connectivity index (χ0) is 23.2. The Balaban J connectivity index is 1.32. The summed E-state index contributed by atoms with van der Waals surface area (Å²) in [5.41, 5.74) is 4.05. The Bertz CT molecular complexity index is 1310. The smallest absolute Gasteiger partial charge is 0.259 e. The Morgan fingerprint density at radius 1 is 0.970 bits per heavy atom. The molecule has 1 aromatic heterocycles. The van der Waals surface area contributed by atoms with Crippen LogP contribution in [0.2, 0.25) is 5.15 Å². The third kappa shape index (κ3) is 3.96. The van der Waals surface area contributed by atoms with Crippen LogP contribution in [0.25, 0.3) is 5.69 Å². The van der Waals surface area contributed by atoms with Crippen molar-refractivity contribution in [1.82, 2.24) is 19.0 Å². The van der Waals surface area contributed by atoms with Crippen LogP contribution in [0.3, 0.4) is 0 Å². The molecule has 5 rings (SSSR count). The minimum atomic E-state index is -3.59. The summed E-state index contributed by atoms with van der Waals surface area (Å²) in [5, 5.41) is 4.71. The van der Waals surface area contributed by atoms with Gasteiger partial charge in [0.25, 0.3) is 5.91 Å². The van der Waals surface area contributed by atoms with E-state index < -0.39 is 10.0 Å². The number of carbonyl (C=O) groups is 1. The third-order valence-corrected chi connectivity index (χ3v) is 8.70. The van der Waals surface area contributed by atoms with Crippen LogP contribution in [0.1, 0.15) is 33.6 Å². The number of nitrogens with zero attached hydrogens (tertiary/aromatic N) is 4. The molecule has 0 bridgehead atoms. The highest BCUT2D eigenvalue weighted by atomic mass is 35.5. The highest BCUT2D eigenvalue weighted by molar-refractivity contribution is 7.89. The molecule has 0 unspecified atom stereocenters. The standard InChI is InChI=1S/C24H25ClN4O3S/c1-17-22(23(25)29(26-17)20-8-3-2-4-9-20)24(30)27-12-14-28(15-13-27)33(31,32)21-11-10-18-6-5-7-19(18)16-21/h2-4,8-11,16H,5-7,12-15H2,1H3.